The lowest BCUT2D eigenvalue weighted by atomic mass is 9.77. The lowest BCUT2D eigenvalue weighted by molar-refractivity contribution is 0.00578. The summed E-state index contributed by atoms with van der Waals surface area (Å²) in [6, 6.07) is 6.20. The lowest BCUT2D eigenvalue weighted by Gasteiger charge is -2.32. The first-order chi connectivity index (χ1) is 12.3. The van der Waals surface area contributed by atoms with Crippen molar-refractivity contribution in [1.82, 2.24) is 5.32 Å². The summed E-state index contributed by atoms with van der Waals surface area (Å²) in [4.78, 5) is 12.0. The molecule has 1 aliphatic heterocycles. The summed E-state index contributed by atoms with van der Waals surface area (Å²) in [5, 5.41) is 2.72. The van der Waals surface area contributed by atoms with Crippen LogP contribution in [0.4, 0.5) is 9.18 Å². The fourth-order valence-electron chi connectivity index (χ4n) is 2.50. The van der Waals surface area contributed by atoms with Crippen LogP contribution in [0.25, 0.3) is 6.08 Å². The predicted octanol–water partition coefficient (Wildman–Crippen LogP) is 4.37. The van der Waals surface area contributed by atoms with Crippen molar-refractivity contribution < 1.29 is 23.2 Å². The van der Waals surface area contributed by atoms with E-state index in [0.29, 0.717) is 11.0 Å². The van der Waals surface area contributed by atoms with Gasteiger partial charge in [0.2, 0.25) is 0 Å². The molecule has 0 atom stereocenters. The van der Waals surface area contributed by atoms with E-state index in [1.165, 1.54) is 12.1 Å². The van der Waals surface area contributed by atoms with Crippen molar-refractivity contribution in [1.29, 1.82) is 0 Å². The van der Waals surface area contributed by atoms with Gasteiger partial charge in [-0.05, 0) is 71.6 Å². The Labute approximate surface area is 161 Å². The van der Waals surface area contributed by atoms with Crippen LogP contribution < -0.4 is 5.32 Å². The molecule has 1 saturated heterocycles. The van der Waals surface area contributed by atoms with Crippen molar-refractivity contribution in [3.05, 3.63) is 41.1 Å². The Kier molecular flexibility index (Phi) is 6.07. The molecular weight excluding hydrogens is 348 g/mol. The highest BCUT2D eigenvalue weighted by Gasteiger charge is 2.52. The Morgan fingerprint density at radius 3 is 2.33 bits per heavy atom. The van der Waals surface area contributed by atoms with Crippen molar-refractivity contribution >= 4 is 19.3 Å². The van der Waals surface area contributed by atoms with Crippen LogP contribution in [-0.2, 0) is 14.0 Å². The standard InChI is InChI=1S/C20H29BFNO4/c1-18(2,3)25-17(24)23-13-15(11-14-9-8-10-16(22)12-14)21-26-19(4,5)20(6,7)27-21/h8-12H,13H2,1-7H3,(H,23,24). The molecule has 2 rings (SSSR count). The maximum absolute atomic E-state index is 13.6. The van der Waals surface area contributed by atoms with E-state index in [0.717, 1.165) is 0 Å². The van der Waals surface area contributed by atoms with E-state index >= 15 is 0 Å². The van der Waals surface area contributed by atoms with Gasteiger partial charge < -0.3 is 19.4 Å². The molecule has 1 N–H and O–H groups in total. The molecule has 0 bridgehead atoms. The molecule has 1 aliphatic rings. The number of halogens is 1. The molecule has 0 unspecified atom stereocenters. The van der Waals surface area contributed by atoms with Gasteiger partial charge in [0, 0.05) is 6.54 Å². The Hall–Kier alpha value is -1.86. The summed E-state index contributed by atoms with van der Waals surface area (Å²) in [7, 11) is -0.659. The minimum atomic E-state index is -0.659. The number of alkyl carbamates (subject to hydrolysis) is 1. The average Bonchev–Trinajstić information content (AvgIpc) is 2.70. The van der Waals surface area contributed by atoms with Gasteiger partial charge in [-0.3, -0.25) is 0 Å². The van der Waals surface area contributed by atoms with Gasteiger partial charge in [-0.2, -0.15) is 0 Å². The molecule has 0 aliphatic carbocycles. The third kappa shape index (κ3) is 5.81. The van der Waals surface area contributed by atoms with Gasteiger partial charge in [-0.1, -0.05) is 18.2 Å². The van der Waals surface area contributed by atoms with E-state index in [9.17, 15) is 9.18 Å². The van der Waals surface area contributed by atoms with E-state index in [4.69, 9.17) is 14.0 Å². The fourth-order valence-corrected chi connectivity index (χ4v) is 2.50. The van der Waals surface area contributed by atoms with Crippen molar-refractivity contribution in [3.8, 4) is 0 Å². The number of ether oxygens (including phenoxy) is 1. The van der Waals surface area contributed by atoms with Gasteiger partial charge in [0.05, 0.1) is 11.2 Å². The molecule has 1 heterocycles. The minimum absolute atomic E-state index is 0.155. The summed E-state index contributed by atoms with van der Waals surface area (Å²) in [6.07, 6.45) is 1.23. The highest BCUT2D eigenvalue weighted by Crippen LogP contribution is 2.38. The maximum Gasteiger partial charge on any atom is 0.492 e. The van der Waals surface area contributed by atoms with Crippen LogP contribution in [0, 0.1) is 5.82 Å². The van der Waals surface area contributed by atoms with Crippen molar-refractivity contribution in [2.24, 2.45) is 0 Å². The summed E-state index contributed by atoms with van der Waals surface area (Å²) in [6.45, 7) is 13.4. The van der Waals surface area contributed by atoms with Gasteiger partial charge in [0.1, 0.15) is 11.4 Å². The third-order valence-corrected chi connectivity index (χ3v) is 4.59. The van der Waals surface area contributed by atoms with Crippen molar-refractivity contribution in [3.63, 3.8) is 0 Å². The van der Waals surface area contributed by atoms with Gasteiger partial charge in [0.25, 0.3) is 0 Å². The number of hydrogen-bond acceptors (Lipinski definition) is 4. The van der Waals surface area contributed by atoms with Crippen LogP contribution >= 0.6 is 0 Å². The molecule has 148 valence electrons. The SMILES string of the molecule is CC(C)(C)OC(=O)NCC(=Cc1cccc(F)c1)B1OC(C)(C)C(C)(C)O1. The van der Waals surface area contributed by atoms with Crippen LogP contribution in [0.1, 0.15) is 54.0 Å². The molecule has 0 saturated carbocycles. The molecule has 0 aromatic heterocycles. The van der Waals surface area contributed by atoms with Gasteiger partial charge >= 0.3 is 13.2 Å². The first kappa shape index (κ1) is 21.4. The van der Waals surface area contributed by atoms with Crippen LogP contribution in [-0.4, -0.2) is 36.6 Å². The summed E-state index contributed by atoms with van der Waals surface area (Å²) in [5.74, 6) is -0.336. The number of rotatable bonds is 4. The van der Waals surface area contributed by atoms with Crippen LogP contribution in [0.2, 0.25) is 0 Å². The average molecular weight is 377 g/mol. The van der Waals surface area contributed by atoms with Crippen LogP contribution in [0.5, 0.6) is 0 Å². The van der Waals surface area contributed by atoms with E-state index in [1.807, 2.05) is 27.7 Å². The highest BCUT2D eigenvalue weighted by molar-refractivity contribution is 6.56. The Morgan fingerprint density at radius 2 is 1.81 bits per heavy atom. The molecule has 7 heteroatoms. The zero-order valence-corrected chi connectivity index (χ0v) is 17.2. The first-order valence-corrected chi connectivity index (χ1v) is 9.08. The van der Waals surface area contributed by atoms with Crippen LogP contribution in [0.15, 0.2) is 29.7 Å². The zero-order valence-electron chi connectivity index (χ0n) is 17.2. The number of benzene rings is 1. The second-order valence-electron chi connectivity index (χ2n) is 8.72. The van der Waals surface area contributed by atoms with E-state index in [2.05, 4.69) is 5.32 Å². The number of amides is 1. The fraction of sp³-hybridized carbons (Fsp3) is 0.550. The van der Waals surface area contributed by atoms with E-state index in [1.54, 1.807) is 39.0 Å². The number of carbonyl (C=O) groups excluding carboxylic acids is 1. The Bertz CT molecular complexity index is 709. The Balaban J connectivity index is 2.23. The predicted molar refractivity (Wildman–Crippen MR) is 105 cm³/mol. The third-order valence-electron chi connectivity index (χ3n) is 4.59. The number of carbonyl (C=O) groups is 1. The summed E-state index contributed by atoms with van der Waals surface area (Å²) >= 11 is 0. The Morgan fingerprint density at radius 1 is 1.22 bits per heavy atom. The molecule has 1 amide bonds. The second-order valence-corrected chi connectivity index (χ2v) is 8.72. The first-order valence-electron chi connectivity index (χ1n) is 9.08. The van der Waals surface area contributed by atoms with E-state index < -0.39 is 30.0 Å². The van der Waals surface area contributed by atoms with E-state index in [-0.39, 0.29) is 12.4 Å². The smallest absolute Gasteiger partial charge is 0.444 e. The van der Waals surface area contributed by atoms with Crippen LogP contribution in [0.3, 0.4) is 0 Å². The number of hydrogen-bond donors (Lipinski definition) is 1. The summed E-state index contributed by atoms with van der Waals surface area (Å²) < 4.78 is 31.0. The largest absolute Gasteiger partial charge is 0.492 e. The monoisotopic (exact) mass is 377 g/mol. The van der Waals surface area contributed by atoms with Crippen molar-refractivity contribution in [2.45, 2.75) is 65.3 Å². The molecular formula is C20H29BFNO4. The van der Waals surface area contributed by atoms with Gasteiger partial charge in [-0.15, -0.1) is 0 Å². The van der Waals surface area contributed by atoms with Crippen molar-refractivity contribution in [2.75, 3.05) is 6.54 Å². The normalized spacial score (nSPS) is 19.1. The lowest BCUT2D eigenvalue weighted by Crippen LogP contribution is -2.41. The molecule has 1 aromatic rings. The topological polar surface area (TPSA) is 56.8 Å². The molecule has 27 heavy (non-hydrogen) atoms. The molecule has 0 radical (unpaired) electrons. The zero-order chi connectivity index (χ0) is 20.5. The minimum Gasteiger partial charge on any atom is -0.444 e. The maximum atomic E-state index is 13.6. The second kappa shape index (κ2) is 7.64. The summed E-state index contributed by atoms with van der Waals surface area (Å²) in [5.41, 5.74) is -0.313. The molecule has 1 fully saturated rings. The number of nitrogens with one attached hydrogen (secondary N) is 1. The van der Waals surface area contributed by atoms with Gasteiger partial charge in [0.15, 0.2) is 0 Å². The van der Waals surface area contributed by atoms with Gasteiger partial charge in [-0.25, -0.2) is 9.18 Å². The highest BCUT2D eigenvalue weighted by atomic mass is 19.1. The molecule has 0 spiro atoms. The molecule has 1 aromatic carbocycles. The quantitative estimate of drug-likeness (QED) is 0.792. The molecule has 5 nitrogen and oxygen atoms in total.